The minimum Gasteiger partial charge on any atom is -0.530 e. The van der Waals surface area contributed by atoms with Crippen molar-refractivity contribution in [3.8, 4) is 0 Å². The van der Waals surface area contributed by atoms with Crippen molar-refractivity contribution >= 4 is 22.6 Å². The number of amides is 1. The first kappa shape index (κ1) is 16.1. The Bertz CT molecular complexity index is 674. The van der Waals surface area contributed by atoms with E-state index in [1.807, 2.05) is 45.0 Å². The van der Waals surface area contributed by atoms with Crippen LogP contribution in [0.3, 0.4) is 0 Å². The molecule has 4 nitrogen and oxygen atoms in total. The first-order valence-electron chi connectivity index (χ1n) is 7.55. The van der Waals surface area contributed by atoms with Gasteiger partial charge in [-0.15, -0.1) is 0 Å². The summed E-state index contributed by atoms with van der Waals surface area (Å²) in [6, 6.07) is 12.0. The topological polar surface area (TPSA) is 69.4 Å². The zero-order valence-electron chi connectivity index (χ0n) is 13.4. The average molecular weight is 299 g/mol. The summed E-state index contributed by atoms with van der Waals surface area (Å²) >= 11 is 0. The van der Waals surface area contributed by atoms with Gasteiger partial charge in [0, 0.05) is 23.2 Å². The second-order valence-corrected chi connectivity index (χ2v) is 6.55. The third-order valence-corrected chi connectivity index (χ3v) is 3.90. The van der Waals surface area contributed by atoms with Crippen molar-refractivity contribution in [1.82, 2.24) is 4.90 Å². The molecule has 0 saturated heterocycles. The number of carbonyl (C=O) groups excluding carboxylic acids is 1. The van der Waals surface area contributed by atoms with Crippen molar-refractivity contribution in [3.63, 3.8) is 0 Å². The van der Waals surface area contributed by atoms with Crippen LogP contribution in [0.15, 0.2) is 36.4 Å². The second-order valence-electron chi connectivity index (χ2n) is 6.55. The van der Waals surface area contributed by atoms with E-state index in [9.17, 15) is 9.90 Å². The van der Waals surface area contributed by atoms with Crippen molar-refractivity contribution in [2.24, 2.45) is 0 Å². The van der Waals surface area contributed by atoms with Gasteiger partial charge in [-0.25, -0.2) is 0 Å². The summed E-state index contributed by atoms with van der Waals surface area (Å²) in [6.07, 6.45) is 0.439. The van der Waals surface area contributed by atoms with Gasteiger partial charge >= 0.3 is 0 Å². The zero-order chi connectivity index (χ0) is 16.3. The van der Waals surface area contributed by atoms with Crippen LogP contribution in [0.2, 0.25) is 0 Å². The predicted molar refractivity (Wildman–Crippen MR) is 88.5 cm³/mol. The highest BCUT2D eigenvalue weighted by Gasteiger charge is 2.20. The van der Waals surface area contributed by atoms with Crippen LogP contribution >= 0.6 is 0 Å². The van der Waals surface area contributed by atoms with Gasteiger partial charge in [-0.05, 0) is 50.6 Å². The van der Waals surface area contributed by atoms with E-state index in [0.717, 1.165) is 29.3 Å². The fourth-order valence-electron chi connectivity index (χ4n) is 2.75. The maximum Gasteiger partial charge on any atom is 0.137 e. The third kappa shape index (κ3) is 3.50. The quantitative estimate of drug-likeness (QED) is 0.883. The largest absolute Gasteiger partial charge is 0.530 e. The smallest absolute Gasteiger partial charge is 0.137 e. The lowest BCUT2D eigenvalue weighted by Gasteiger charge is -2.38. The van der Waals surface area contributed by atoms with E-state index in [1.54, 1.807) is 0 Å². The maximum atomic E-state index is 11.2. The summed E-state index contributed by atoms with van der Waals surface area (Å²) in [6.45, 7) is 6.09. The minimum absolute atomic E-state index is 0.442. The molecular weight excluding hydrogens is 276 g/mol. The van der Waals surface area contributed by atoms with Crippen LogP contribution in [0.25, 0.3) is 10.8 Å². The standard InChI is InChI=1S/C18H24N2O2/c1-18(2,3)20(17(21)22)12-6-8-13-7-4-10-15-14(13)9-5-11-16(15)19/h4-5,7,9-11H,6,8,12,19H2,1-3H3,(H,21,22)/p-1. The summed E-state index contributed by atoms with van der Waals surface area (Å²) in [5, 5.41) is 13.4. The maximum absolute atomic E-state index is 11.2. The Kier molecular flexibility index (Phi) is 4.59. The van der Waals surface area contributed by atoms with Crippen LogP contribution in [0.1, 0.15) is 32.8 Å². The van der Waals surface area contributed by atoms with E-state index >= 15 is 0 Å². The molecule has 22 heavy (non-hydrogen) atoms. The molecular formula is C18H23N2O2-. The monoisotopic (exact) mass is 299 g/mol. The van der Waals surface area contributed by atoms with E-state index in [4.69, 9.17) is 5.73 Å². The highest BCUT2D eigenvalue weighted by molar-refractivity contribution is 5.94. The fraction of sp³-hybridized carbons (Fsp3) is 0.389. The molecule has 0 spiro atoms. The van der Waals surface area contributed by atoms with E-state index in [1.165, 1.54) is 10.5 Å². The lowest BCUT2D eigenvalue weighted by atomic mass is 9.99. The molecule has 0 aliphatic carbocycles. The SMILES string of the molecule is CC(C)(C)N(CCCc1cccc2c(N)cccc12)C(=O)[O-]. The lowest BCUT2D eigenvalue weighted by molar-refractivity contribution is -0.270. The molecule has 1 amide bonds. The van der Waals surface area contributed by atoms with Gasteiger partial charge < -0.3 is 20.5 Å². The highest BCUT2D eigenvalue weighted by Crippen LogP contribution is 2.25. The molecule has 4 heteroatoms. The fourth-order valence-corrected chi connectivity index (χ4v) is 2.75. The Morgan fingerprint density at radius 1 is 1.14 bits per heavy atom. The van der Waals surface area contributed by atoms with Gasteiger partial charge in [0.15, 0.2) is 0 Å². The molecule has 0 saturated carbocycles. The number of anilines is 1. The Labute approximate surface area is 131 Å². The summed E-state index contributed by atoms with van der Waals surface area (Å²) < 4.78 is 0. The van der Waals surface area contributed by atoms with Gasteiger partial charge in [-0.1, -0.05) is 30.3 Å². The van der Waals surface area contributed by atoms with Crippen molar-refractivity contribution in [2.75, 3.05) is 12.3 Å². The molecule has 2 aromatic rings. The Morgan fingerprint density at radius 2 is 1.77 bits per heavy atom. The van der Waals surface area contributed by atoms with Crippen molar-refractivity contribution in [2.45, 2.75) is 39.2 Å². The molecule has 0 bridgehead atoms. The molecule has 0 radical (unpaired) electrons. The van der Waals surface area contributed by atoms with Gasteiger partial charge in [0.25, 0.3) is 0 Å². The van der Waals surface area contributed by atoms with Gasteiger partial charge in [0.1, 0.15) is 6.09 Å². The van der Waals surface area contributed by atoms with Crippen molar-refractivity contribution < 1.29 is 9.90 Å². The number of fused-ring (bicyclic) bond motifs is 1. The molecule has 0 atom stereocenters. The Hall–Kier alpha value is -2.23. The molecule has 0 aromatic heterocycles. The van der Waals surface area contributed by atoms with Crippen LogP contribution in [-0.4, -0.2) is 23.1 Å². The molecule has 2 aromatic carbocycles. The van der Waals surface area contributed by atoms with E-state index in [-0.39, 0.29) is 0 Å². The zero-order valence-corrected chi connectivity index (χ0v) is 13.4. The Morgan fingerprint density at radius 3 is 2.41 bits per heavy atom. The third-order valence-electron chi connectivity index (χ3n) is 3.90. The Balaban J connectivity index is 2.13. The van der Waals surface area contributed by atoms with Gasteiger partial charge in [-0.3, -0.25) is 0 Å². The number of carboxylic acid groups (broad SMARTS) is 1. The van der Waals surface area contributed by atoms with E-state index in [2.05, 4.69) is 12.1 Å². The molecule has 2 N–H and O–H groups in total. The second kappa shape index (κ2) is 6.26. The van der Waals surface area contributed by atoms with Crippen LogP contribution < -0.4 is 10.8 Å². The number of nitrogens with two attached hydrogens (primary N) is 1. The lowest BCUT2D eigenvalue weighted by Crippen LogP contribution is -2.52. The summed E-state index contributed by atoms with van der Waals surface area (Å²) in [7, 11) is 0. The molecule has 118 valence electrons. The summed E-state index contributed by atoms with van der Waals surface area (Å²) in [5.41, 5.74) is 7.52. The summed E-state index contributed by atoms with van der Waals surface area (Å²) in [5.74, 6) is 0. The number of rotatable bonds is 4. The van der Waals surface area contributed by atoms with E-state index < -0.39 is 11.6 Å². The van der Waals surface area contributed by atoms with Gasteiger partial charge in [0.05, 0.1) is 0 Å². The van der Waals surface area contributed by atoms with E-state index in [0.29, 0.717) is 6.54 Å². The van der Waals surface area contributed by atoms with Crippen molar-refractivity contribution in [3.05, 3.63) is 42.0 Å². The summed E-state index contributed by atoms with van der Waals surface area (Å²) in [4.78, 5) is 12.6. The minimum atomic E-state index is -1.12. The van der Waals surface area contributed by atoms with Crippen LogP contribution in [0.5, 0.6) is 0 Å². The van der Waals surface area contributed by atoms with Crippen LogP contribution in [0, 0.1) is 0 Å². The van der Waals surface area contributed by atoms with Crippen molar-refractivity contribution in [1.29, 1.82) is 0 Å². The number of benzene rings is 2. The molecule has 0 aliphatic rings. The number of aryl methyl sites for hydroxylation is 1. The number of nitrogen functional groups attached to an aromatic ring is 1. The number of carbonyl (C=O) groups is 1. The van der Waals surface area contributed by atoms with Crippen LogP contribution in [0.4, 0.5) is 10.5 Å². The number of hydrogen-bond acceptors (Lipinski definition) is 3. The van der Waals surface area contributed by atoms with Gasteiger partial charge in [0.2, 0.25) is 0 Å². The van der Waals surface area contributed by atoms with Crippen LogP contribution in [-0.2, 0) is 6.42 Å². The molecule has 0 fully saturated rings. The highest BCUT2D eigenvalue weighted by atomic mass is 16.4. The molecule has 0 aliphatic heterocycles. The first-order chi connectivity index (χ1) is 10.3. The normalized spacial score (nSPS) is 11.6. The average Bonchev–Trinajstić information content (AvgIpc) is 2.42. The number of hydrogen-bond donors (Lipinski definition) is 1. The number of nitrogens with zero attached hydrogens (tertiary/aromatic N) is 1. The van der Waals surface area contributed by atoms with Gasteiger partial charge in [-0.2, -0.15) is 0 Å². The first-order valence-corrected chi connectivity index (χ1v) is 7.55. The molecule has 2 rings (SSSR count). The molecule has 0 unspecified atom stereocenters. The predicted octanol–water partition coefficient (Wildman–Crippen LogP) is 2.80. The molecule has 0 heterocycles.